The minimum absolute atomic E-state index is 0.118. The Morgan fingerprint density at radius 3 is 2.70 bits per heavy atom. The number of carbonyl (C=O) groups excluding carboxylic acids is 1. The van der Waals surface area contributed by atoms with E-state index in [1.807, 2.05) is 38.1 Å². The van der Waals surface area contributed by atoms with Crippen LogP contribution in [0.2, 0.25) is 0 Å². The van der Waals surface area contributed by atoms with Crippen molar-refractivity contribution >= 4 is 16.8 Å². The molecule has 2 aromatic rings. The smallest absolute Gasteiger partial charge is 0.252 e. The van der Waals surface area contributed by atoms with Crippen LogP contribution in [-0.4, -0.2) is 35.5 Å². The molecule has 2 rings (SSSR count). The van der Waals surface area contributed by atoms with Gasteiger partial charge in [-0.15, -0.1) is 0 Å². The van der Waals surface area contributed by atoms with Crippen molar-refractivity contribution in [2.45, 2.75) is 32.9 Å². The molecule has 0 atom stereocenters. The second-order valence-corrected chi connectivity index (χ2v) is 5.86. The SMILES string of the molecule is COc1ccc2[nH]c(=O)c(CN(CCC(N)=O)C(C)C)cc2c1. The number of pyridine rings is 1. The summed E-state index contributed by atoms with van der Waals surface area (Å²) >= 11 is 0. The Bertz CT molecular complexity index is 752. The van der Waals surface area contributed by atoms with Gasteiger partial charge in [0.25, 0.3) is 5.56 Å². The lowest BCUT2D eigenvalue weighted by Gasteiger charge is -2.25. The molecule has 0 aliphatic carbocycles. The summed E-state index contributed by atoms with van der Waals surface area (Å²) in [4.78, 5) is 28.2. The molecule has 3 N–H and O–H groups in total. The number of aromatic amines is 1. The highest BCUT2D eigenvalue weighted by molar-refractivity contribution is 5.80. The maximum absolute atomic E-state index is 12.3. The van der Waals surface area contributed by atoms with E-state index >= 15 is 0 Å². The quantitative estimate of drug-likeness (QED) is 0.812. The fourth-order valence-corrected chi connectivity index (χ4v) is 2.47. The van der Waals surface area contributed by atoms with Crippen LogP contribution in [0.5, 0.6) is 5.75 Å². The van der Waals surface area contributed by atoms with Gasteiger partial charge in [-0.05, 0) is 38.1 Å². The molecule has 124 valence electrons. The molecule has 1 aromatic carbocycles. The number of nitrogens with zero attached hydrogens (tertiary/aromatic N) is 1. The molecular formula is C17H23N3O3. The van der Waals surface area contributed by atoms with Crippen molar-refractivity contribution in [1.82, 2.24) is 9.88 Å². The minimum Gasteiger partial charge on any atom is -0.497 e. The Hall–Kier alpha value is -2.34. The summed E-state index contributed by atoms with van der Waals surface area (Å²) in [6.07, 6.45) is 0.275. The summed E-state index contributed by atoms with van der Waals surface area (Å²) in [6, 6.07) is 7.60. The van der Waals surface area contributed by atoms with Crippen LogP contribution < -0.4 is 16.0 Å². The molecule has 0 saturated heterocycles. The van der Waals surface area contributed by atoms with Gasteiger partial charge in [0.05, 0.1) is 7.11 Å². The van der Waals surface area contributed by atoms with Crippen molar-refractivity contribution in [3.63, 3.8) is 0 Å². The number of aromatic nitrogens is 1. The third-order valence-corrected chi connectivity index (χ3v) is 3.88. The van der Waals surface area contributed by atoms with E-state index in [1.54, 1.807) is 7.11 Å². The van der Waals surface area contributed by atoms with Gasteiger partial charge in [0, 0.05) is 42.0 Å². The van der Waals surface area contributed by atoms with E-state index in [1.165, 1.54) is 0 Å². The summed E-state index contributed by atoms with van der Waals surface area (Å²) in [7, 11) is 1.61. The largest absolute Gasteiger partial charge is 0.497 e. The summed E-state index contributed by atoms with van der Waals surface area (Å²) in [5.74, 6) is 0.401. The fourth-order valence-electron chi connectivity index (χ4n) is 2.47. The van der Waals surface area contributed by atoms with Crippen molar-refractivity contribution < 1.29 is 9.53 Å². The molecule has 6 nitrogen and oxygen atoms in total. The number of benzene rings is 1. The molecule has 0 fully saturated rings. The molecule has 0 radical (unpaired) electrons. The normalized spacial score (nSPS) is 11.3. The Morgan fingerprint density at radius 1 is 1.35 bits per heavy atom. The van der Waals surface area contributed by atoms with Crippen LogP contribution in [0.4, 0.5) is 0 Å². The first-order chi connectivity index (χ1) is 10.9. The topological polar surface area (TPSA) is 88.4 Å². The predicted molar refractivity (Wildman–Crippen MR) is 90.5 cm³/mol. The van der Waals surface area contributed by atoms with Gasteiger partial charge in [-0.3, -0.25) is 14.5 Å². The molecule has 1 amide bonds. The number of hydrogen-bond acceptors (Lipinski definition) is 4. The average molecular weight is 317 g/mol. The van der Waals surface area contributed by atoms with Crippen molar-refractivity contribution in [3.8, 4) is 5.75 Å². The van der Waals surface area contributed by atoms with E-state index in [0.717, 1.165) is 16.7 Å². The third-order valence-electron chi connectivity index (χ3n) is 3.88. The highest BCUT2D eigenvalue weighted by atomic mass is 16.5. The molecule has 1 aromatic heterocycles. The summed E-state index contributed by atoms with van der Waals surface area (Å²) < 4.78 is 5.22. The van der Waals surface area contributed by atoms with E-state index in [9.17, 15) is 9.59 Å². The molecule has 0 unspecified atom stereocenters. The number of nitrogens with two attached hydrogens (primary N) is 1. The van der Waals surface area contributed by atoms with Crippen LogP contribution in [-0.2, 0) is 11.3 Å². The fraction of sp³-hybridized carbons (Fsp3) is 0.412. The Kier molecular flexibility index (Phi) is 5.39. The predicted octanol–water partition coefficient (Wildman–Crippen LogP) is 1.62. The second-order valence-electron chi connectivity index (χ2n) is 5.86. The number of ether oxygens (including phenoxy) is 1. The maximum Gasteiger partial charge on any atom is 0.252 e. The monoisotopic (exact) mass is 317 g/mol. The lowest BCUT2D eigenvalue weighted by Crippen LogP contribution is -2.35. The molecule has 0 saturated carbocycles. The van der Waals surface area contributed by atoms with E-state index in [-0.39, 0.29) is 23.9 Å². The molecule has 0 spiro atoms. The first-order valence-corrected chi connectivity index (χ1v) is 7.63. The summed E-state index contributed by atoms with van der Waals surface area (Å²) in [5, 5.41) is 0.914. The number of hydrogen-bond donors (Lipinski definition) is 2. The van der Waals surface area contributed by atoms with Gasteiger partial charge in [-0.2, -0.15) is 0 Å². The van der Waals surface area contributed by atoms with E-state index < -0.39 is 0 Å². The van der Waals surface area contributed by atoms with Crippen LogP contribution in [0.25, 0.3) is 10.9 Å². The van der Waals surface area contributed by atoms with E-state index in [2.05, 4.69) is 9.88 Å². The molecule has 0 bridgehead atoms. The van der Waals surface area contributed by atoms with Crippen molar-refractivity contribution in [2.24, 2.45) is 5.73 Å². The number of methoxy groups -OCH3 is 1. The number of fused-ring (bicyclic) bond motifs is 1. The van der Waals surface area contributed by atoms with E-state index in [0.29, 0.717) is 18.7 Å². The molecular weight excluding hydrogens is 294 g/mol. The molecule has 23 heavy (non-hydrogen) atoms. The zero-order valence-corrected chi connectivity index (χ0v) is 13.8. The zero-order chi connectivity index (χ0) is 17.0. The molecule has 6 heteroatoms. The lowest BCUT2D eigenvalue weighted by molar-refractivity contribution is -0.118. The standard InChI is InChI=1S/C17H23N3O3/c1-11(2)20(7-6-16(18)21)10-13-8-12-9-14(23-3)4-5-15(12)19-17(13)22/h4-5,8-9,11H,6-7,10H2,1-3H3,(H2,18,21)(H,19,22). The summed E-state index contributed by atoms with van der Waals surface area (Å²) in [5.41, 5.74) is 6.53. The van der Waals surface area contributed by atoms with E-state index in [4.69, 9.17) is 10.5 Å². The van der Waals surface area contributed by atoms with Crippen molar-refractivity contribution in [2.75, 3.05) is 13.7 Å². The summed E-state index contributed by atoms with van der Waals surface area (Å²) in [6.45, 7) is 5.05. The van der Waals surface area contributed by atoms with Crippen LogP contribution >= 0.6 is 0 Å². The maximum atomic E-state index is 12.3. The van der Waals surface area contributed by atoms with Gasteiger partial charge in [0.2, 0.25) is 5.91 Å². The van der Waals surface area contributed by atoms with Crippen molar-refractivity contribution in [3.05, 3.63) is 40.2 Å². The van der Waals surface area contributed by atoms with Gasteiger partial charge < -0.3 is 15.5 Å². The first kappa shape index (κ1) is 17.0. The number of H-pyrrole nitrogens is 1. The zero-order valence-electron chi connectivity index (χ0n) is 13.8. The number of rotatable bonds is 7. The first-order valence-electron chi connectivity index (χ1n) is 7.63. The molecule has 1 heterocycles. The molecule has 0 aliphatic rings. The van der Waals surface area contributed by atoms with Crippen LogP contribution in [0.15, 0.2) is 29.1 Å². The number of carbonyl (C=O) groups is 1. The molecule has 0 aliphatic heterocycles. The number of amides is 1. The van der Waals surface area contributed by atoms with Gasteiger partial charge in [0.1, 0.15) is 5.75 Å². The third kappa shape index (κ3) is 4.32. The average Bonchev–Trinajstić information content (AvgIpc) is 2.50. The van der Waals surface area contributed by atoms with Crippen LogP contribution in [0.3, 0.4) is 0 Å². The van der Waals surface area contributed by atoms with Gasteiger partial charge in [0.15, 0.2) is 0 Å². The van der Waals surface area contributed by atoms with Gasteiger partial charge in [-0.25, -0.2) is 0 Å². The Labute approximate surface area is 135 Å². The van der Waals surface area contributed by atoms with Crippen molar-refractivity contribution in [1.29, 1.82) is 0 Å². The highest BCUT2D eigenvalue weighted by Gasteiger charge is 2.14. The number of primary amides is 1. The van der Waals surface area contributed by atoms with Gasteiger partial charge in [-0.1, -0.05) is 0 Å². The minimum atomic E-state index is -0.340. The Morgan fingerprint density at radius 2 is 2.09 bits per heavy atom. The van der Waals surface area contributed by atoms with Crippen LogP contribution in [0, 0.1) is 0 Å². The second kappa shape index (κ2) is 7.28. The van der Waals surface area contributed by atoms with Gasteiger partial charge >= 0.3 is 0 Å². The highest BCUT2D eigenvalue weighted by Crippen LogP contribution is 2.19. The van der Waals surface area contributed by atoms with Crippen LogP contribution in [0.1, 0.15) is 25.8 Å². The Balaban J connectivity index is 2.31. The lowest BCUT2D eigenvalue weighted by atomic mass is 10.1. The number of nitrogens with one attached hydrogen (secondary N) is 1.